The maximum Gasteiger partial charge on any atom is 0.329 e. The Morgan fingerprint density at radius 3 is 3.07 bits per heavy atom. The summed E-state index contributed by atoms with van der Waals surface area (Å²) in [5.41, 5.74) is 0. The van der Waals surface area contributed by atoms with Gasteiger partial charge in [-0.05, 0) is 0 Å². The van der Waals surface area contributed by atoms with Crippen molar-refractivity contribution in [2.24, 2.45) is 0 Å². The molecule has 0 aliphatic carbocycles. The molecule has 6 nitrogen and oxygen atoms in total. The molecule has 0 aliphatic heterocycles. The maximum absolute atomic E-state index is 10.1. The molecule has 76 valence electrons. The molecule has 1 aromatic rings. The van der Waals surface area contributed by atoms with Crippen molar-refractivity contribution < 1.29 is 14.4 Å². The van der Waals surface area contributed by atoms with Crippen LogP contribution in [-0.4, -0.2) is 27.8 Å². The molecule has 1 rings (SSSR count). The van der Waals surface area contributed by atoms with Crippen LogP contribution in [0.25, 0.3) is 0 Å². The molecule has 1 heterocycles. The summed E-state index contributed by atoms with van der Waals surface area (Å²) >= 11 is 0. The zero-order valence-electron chi connectivity index (χ0n) is 7.73. The summed E-state index contributed by atoms with van der Waals surface area (Å²) in [6.07, 6.45) is 3.00. The van der Waals surface area contributed by atoms with Crippen LogP contribution in [0.2, 0.25) is 0 Å². The molecule has 0 aliphatic rings. The van der Waals surface area contributed by atoms with E-state index in [1.54, 1.807) is 6.92 Å². The van der Waals surface area contributed by atoms with Crippen LogP contribution in [0.15, 0.2) is 16.8 Å². The van der Waals surface area contributed by atoms with Gasteiger partial charge in [-0.1, -0.05) is 5.16 Å². The molecular weight excluding hydrogens is 186 g/mol. The van der Waals surface area contributed by atoms with E-state index >= 15 is 0 Å². The molecule has 1 aromatic heterocycles. The van der Waals surface area contributed by atoms with Gasteiger partial charge in [0.2, 0.25) is 5.89 Å². The van der Waals surface area contributed by atoms with E-state index in [4.69, 9.17) is 9.63 Å². The van der Waals surface area contributed by atoms with E-state index in [1.807, 2.05) is 0 Å². The van der Waals surface area contributed by atoms with Gasteiger partial charge in [0.05, 0.1) is 0 Å². The minimum Gasteiger partial charge on any atom is -0.478 e. The topological polar surface area (TPSA) is 88.2 Å². The molecule has 0 saturated heterocycles. The zero-order valence-corrected chi connectivity index (χ0v) is 7.73. The lowest BCUT2D eigenvalue weighted by molar-refractivity contribution is -0.131. The average molecular weight is 197 g/mol. The zero-order chi connectivity index (χ0) is 10.4. The molecule has 0 radical (unpaired) electrons. The Kier molecular flexibility index (Phi) is 3.66. The number of carboxylic acid groups (broad SMARTS) is 1. The van der Waals surface area contributed by atoms with E-state index in [-0.39, 0.29) is 0 Å². The molecule has 0 atom stereocenters. The normalized spacial score (nSPS) is 10.6. The van der Waals surface area contributed by atoms with Gasteiger partial charge in [0.1, 0.15) is 0 Å². The highest BCUT2D eigenvalue weighted by atomic mass is 16.5. The molecule has 0 bridgehead atoms. The first kappa shape index (κ1) is 10.2. The van der Waals surface area contributed by atoms with Gasteiger partial charge in [-0.3, -0.25) is 0 Å². The summed E-state index contributed by atoms with van der Waals surface area (Å²) in [5, 5.41) is 14.7. The van der Waals surface area contributed by atoms with E-state index in [2.05, 4.69) is 15.5 Å². The van der Waals surface area contributed by atoms with Crippen LogP contribution < -0.4 is 5.32 Å². The molecule has 6 heteroatoms. The van der Waals surface area contributed by atoms with Crippen molar-refractivity contribution in [3.8, 4) is 0 Å². The molecule has 0 unspecified atom stereocenters. The fraction of sp³-hybridized carbons (Fsp3) is 0.375. The number of hydrogen-bond acceptors (Lipinski definition) is 5. The van der Waals surface area contributed by atoms with Crippen molar-refractivity contribution in [3.63, 3.8) is 0 Å². The number of carboxylic acids is 1. The fourth-order valence-corrected chi connectivity index (χ4v) is 0.840. The third-order valence-electron chi connectivity index (χ3n) is 1.41. The Hall–Kier alpha value is -1.85. The highest BCUT2D eigenvalue weighted by molar-refractivity contribution is 5.79. The molecule has 0 aromatic carbocycles. The number of hydrogen-bond donors (Lipinski definition) is 2. The molecular formula is C8H11N3O3. The maximum atomic E-state index is 10.1. The Morgan fingerprint density at radius 2 is 2.50 bits per heavy atom. The summed E-state index contributed by atoms with van der Waals surface area (Å²) in [5.74, 6) is 0.160. The summed E-state index contributed by atoms with van der Waals surface area (Å²) in [4.78, 5) is 14.1. The first-order chi connectivity index (χ1) is 6.68. The van der Waals surface area contributed by atoms with E-state index in [0.717, 1.165) is 6.08 Å². The summed E-state index contributed by atoms with van der Waals surface area (Å²) in [6.45, 7) is 2.29. The number of nitrogens with one attached hydrogen (secondary N) is 1. The van der Waals surface area contributed by atoms with Crippen LogP contribution in [-0.2, 0) is 11.2 Å². The number of aliphatic carboxylic acids is 1. The first-order valence-corrected chi connectivity index (χ1v) is 4.10. The van der Waals surface area contributed by atoms with Crippen molar-refractivity contribution in [2.45, 2.75) is 13.3 Å². The highest BCUT2D eigenvalue weighted by Crippen LogP contribution is 1.94. The Labute approximate surface area is 80.6 Å². The van der Waals surface area contributed by atoms with Crippen molar-refractivity contribution in [3.05, 3.63) is 24.0 Å². The highest BCUT2D eigenvalue weighted by Gasteiger charge is 1.99. The molecule has 0 amide bonds. The van der Waals surface area contributed by atoms with E-state index in [0.29, 0.717) is 24.7 Å². The van der Waals surface area contributed by atoms with Gasteiger partial charge in [0, 0.05) is 32.2 Å². The average Bonchev–Trinajstić information content (AvgIpc) is 2.50. The second-order valence-electron chi connectivity index (χ2n) is 2.61. The summed E-state index contributed by atoms with van der Waals surface area (Å²) in [7, 11) is 0. The smallest absolute Gasteiger partial charge is 0.329 e. The Morgan fingerprint density at radius 1 is 1.71 bits per heavy atom. The largest absolute Gasteiger partial charge is 0.478 e. The van der Waals surface area contributed by atoms with E-state index in [1.165, 1.54) is 6.20 Å². The fourth-order valence-electron chi connectivity index (χ4n) is 0.840. The predicted molar refractivity (Wildman–Crippen MR) is 47.5 cm³/mol. The standard InChI is InChI=1S/C8H11N3O3/c1-6-10-7(11-14-6)2-4-9-5-3-8(12)13/h3,5,9H,2,4H2,1H3,(H,12,13)/b5-3+. The second kappa shape index (κ2) is 5.00. The van der Waals surface area contributed by atoms with Gasteiger partial charge in [-0.2, -0.15) is 4.98 Å². The monoisotopic (exact) mass is 197 g/mol. The molecule has 0 fully saturated rings. The van der Waals surface area contributed by atoms with E-state index < -0.39 is 5.97 Å². The molecule has 0 saturated carbocycles. The number of aryl methyl sites for hydroxylation is 1. The quantitative estimate of drug-likeness (QED) is 0.514. The van der Waals surface area contributed by atoms with Crippen molar-refractivity contribution >= 4 is 5.97 Å². The van der Waals surface area contributed by atoms with Gasteiger partial charge in [-0.25, -0.2) is 4.79 Å². The molecule has 14 heavy (non-hydrogen) atoms. The lowest BCUT2D eigenvalue weighted by Crippen LogP contribution is -2.11. The number of carbonyl (C=O) groups is 1. The first-order valence-electron chi connectivity index (χ1n) is 4.10. The number of aromatic nitrogens is 2. The number of rotatable bonds is 5. The Balaban J connectivity index is 2.19. The number of nitrogens with zero attached hydrogens (tertiary/aromatic N) is 2. The third-order valence-corrected chi connectivity index (χ3v) is 1.41. The lowest BCUT2D eigenvalue weighted by Gasteiger charge is -1.94. The van der Waals surface area contributed by atoms with Crippen LogP contribution in [0.5, 0.6) is 0 Å². The van der Waals surface area contributed by atoms with Crippen molar-refractivity contribution in [1.82, 2.24) is 15.5 Å². The van der Waals surface area contributed by atoms with E-state index in [9.17, 15) is 4.79 Å². The second-order valence-corrected chi connectivity index (χ2v) is 2.61. The lowest BCUT2D eigenvalue weighted by atomic mass is 10.4. The van der Waals surface area contributed by atoms with Gasteiger partial charge in [0.15, 0.2) is 5.82 Å². The SMILES string of the molecule is Cc1nc(CCN/C=C/C(=O)O)no1. The van der Waals surface area contributed by atoms with Crippen LogP contribution >= 0.6 is 0 Å². The van der Waals surface area contributed by atoms with Crippen LogP contribution in [0.3, 0.4) is 0 Å². The van der Waals surface area contributed by atoms with Crippen molar-refractivity contribution in [2.75, 3.05) is 6.54 Å². The third kappa shape index (κ3) is 3.70. The van der Waals surface area contributed by atoms with Crippen LogP contribution in [0.1, 0.15) is 11.7 Å². The minimum absolute atomic E-state index is 0.529. The minimum atomic E-state index is -0.979. The summed E-state index contributed by atoms with van der Waals surface area (Å²) in [6, 6.07) is 0. The van der Waals surface area contributed by atoms with Crippen LogP contribution in [0, 0.1) is 6.92 Å². The predicted octanol–water partition coefficient (Wildman–Crippen LogP) is 0.108. The molecule has 0 spiro atoms. The van der Waals surface area contributed by atoms with Gasteiger partial charge >= 0.3 is 5.97 Å². The van der Waals surface area contributed by atoms with Crippen LogP contribution in [0.4, 0.5) is 0 Å². The van der Waals surface area contributed by atoms with Gasteiger partial charge in [-0.15, -0.1) is 0 Å². The van der Waals surface area contributed by atoms with Gasteiger partial charge in [0.25, 0.3) is 0 Å². The van der Waals surface area contributed by atoms with Gasteiger partial charge < -0.3 is 14.9 Å². The van der Waals surface area contributed by atoms with Crippen molar-refractivity contribution in [1.29, 1.82) is 0 Å². The summed E-state index contributed by atoms with van der Waals surface area (Å²) < 4.78 is 4.76. The molecule has 2 N–H and O–H groups in total. The Bertz CT molecular complexity index is 332.